The number of rotatable bonds is 3. The second kappa shape index (κ2) is 4.97. The van der Waals surface area contributed by atoms with Crippen LogP contribution in [0.4, 0.5) is 10.1 Å². The maximum absolute atomic E-state index is 13.3. The van der Waals surface area contributed by atoms with E-state index in [4.69, 9.17) is 5.73 Å². The molecule has 0 unspecified atom stereocenters. The van der Waals surface area contributed by atoms with E-state index in [1.54, 1.807) is 12.4 Å². The maximum Gasteiger partial charge on any atom is 0.152 e. The molecular weight excluding hydrogens is 245 g/mol. The van der Waals surface area contributed by atoms with Crippen LogP contribution >= 0.6 is 0 Å². The summed E-state index contributed by atoms with van der Waals surface area (Å²) in [6.07, 6.45) is 2.43. The number of nitrogens with zero attached hydrogens (tertiary/aromatic N) is 4. The highest BCUT2D eigenvalue weighted by Gasteiger charge is 2.19. The van der Waals surface area contributed by atoms with Crippen LogP contribution in [0.5, 0.6) is 0 Å². The average Bonchev–Trinajstić information content (AvgIpc) is 2.86. The predicted molar refractivity (Wildman–Crippen MR) is 70.2 cm³/mol. The zero-order chi connectivity index (χ0) is 13.2. The number of fused-ring (bicyclic) bond motifs is 1. The quantitative estimate of drug-likeness (QED) is 0.893. The van der Waals surface area contributed by atoms with Crippen LogP contribution in [-0.4, -0.2) is 27.9 Å². The van der Waals surface area contributed by atoms with Gasteiger partial charge in [-0.25, -0.2) is 4.39 Å². The summed E-state index contributed by atoms with van der Waals surface area (Å²) in [7, 11) is 0. The lowest BCUT2D eigenvalue weighted by Crippen LogP contribution is -2.34. The first-order valence-electron chi connectivity index (χ1n) is 6.38. The minimum absolute atomic E-state index is 0.215. The number of nitrogens with two attached hydrogens (primary N) is 1. The highest BCUT2D eigenvalue weighted by Crippen LogP contribution is 2.25. The molecular formula is C13H16FN5. The van der Waals surface area contributed by atoms with E-state index < -0.39 is 0 Å². The molecule has 3 rings (SSSR count). The Morgan fingerprint density at radius 2 is 2.21 bits per heavy atom. The second-order valence-electron chi connectivity index (χ2n) is 4.67. The minimum Gasteiger partial charge on any atom is -0.362 e. The molecule has 1 aromatic heterocycles. The molecule has 1 aliphatic rings. The molecule has 2 aromatic rings. The van der Waals surface area contributed by atoms with E-state index in [2.05, 4.69) is 15.1 Å². The summed E-state index contributed by atoms with van der Waals surface area (Å²) in [5.74, 6) is 0.724. The van der Waals surface area contributed by atoms with E-state index in [0.29, 0.717) is 19.5 Å². The van der Waals surface area contributed by atoms with Crippen molar-refractivity contribution in [3.8, 4) is 0 Å². The fourth-order valence-corrected chi connectivity index (χ4v) is 2.49. The predicted octanol–water partition coefficient (Wildman–Crippen LogP) is 0.939. The first kappa shape index (κ1) is 12.1. The topological polar surface area (TPSA) is 60.0 Å². The lowest BCUT2D eigenvalue weighted by Gasteiger charge is -2.30. The van der Waals surface area contributed by atoms with Gasteiger partial charge in [-0.1, -0.05) is 0 Å². The molecule has 100 valence electrons. The molecule has 0 saturated heterocycles. The first-order valence-corrected chi connectivity index (χ1v) is 6.38. The van der Waals surface area contributed by atoms with Crippen molar-refractivity contribution < 1.29 is 4.39 Å². The van der Waals surface area contributed by atoms with Crippen molar-refractivity contribution in [1.29, 1.82) is 0 Å². The molecule has 0 aliphatic carbocycles. The molecule has 0 spiro atoms. The summed E-state index contributed by atoms with van der Waals surface area (Å²) in [6.45, 7) is 2.93. The summed E-state index contributed by atoms with van der Waals surface area (Å²) in [5.41, 5.74) is 7.60. The Bertz CT molecular complexity index is 580. The van der Waals surface area contributed by atoms with Gasteiger partial charge < -0.3 is 15.2 Å². The molecule has 0 radical (unpaired) electrons. The molecule has 19 heavy (non-hydrogen) atoms. The standard InChI is InChI=1S/C13H16FN5/c14-11-1-2-12(10(7-11)3-4-15)18-5-6-19-9-16-17-13(19)8-18/h1-2,7,9H,3-6,8,15H2. The fourth-order valence-electron chi connectivity index (χ4n) is 2.49. The summed E-state index contributed by atoms with van der Waals surface area (Å²) in [6, 6.07) is 4.89. The van der Waals surface area contributed by atoms with E-state index in [-0.39, 0.29) is 5.82 Å². The number of hydrogen-bond donors (Lipinski definition) is 1. The largest absolute Gasteiger partial charge is 0.362 e. The van der Waals surface area contributed by atoms with E-state index in [1.807, 2.05) is 10.6 Å². The molecule has 0 bridgehead atoms. The first-order chi connectivity index (χ1) is 9.28. The SMILES string of the molecule is NCCc1cc(F)ccc1N1CCn2cnnc2C1. The third kappa shape index (κ3) is 2.31. The zero-order valence-electron chi connectivity index (χ0n) is 10.6. The van der Waals surface area contributed by atoms with Crippen LogP contribution in [0, 0.1) is 5.82 Å². The summed E-state index contributed by atoms with van der Waals surface area (Å²) < 4.78 is 15.4. The van der Waals surface area contributed by atoms with Crippen molar-refractivity contribution in [3.05, 3.63) is 41.7 Å². The molecule has 6 heteroatoms. The third-order valence-corrected chi connectivity index (χ3v) is 3.43. The van der Waals surface area contributed by atoms with Gasteiger partial charge in [0.1, 0.15) is 12.1 Å². The van der Waals surface area contributed by atoms with Crippen LogP contribution in [0.1, 0.15) is 11.4 Å². The molecule has 0 atom stereocenters. The monoisotopic (exact) mass is 261 g/mol. The van der Waals surface area contributed by atoms with Gasteiger partial charge in [0.25, 0.3) is 0 Å². The van der Waals surface area contributed by atoms with Gasteiger partial charge in [0.15, 0.2) is 5.82 Å². The molecule has 2 N–H and O–H groups in total. The van der Waals surface area contributed by atoms with Crippen LogP contribution in [-0.2, 0) is 19.5 Å². The number of anilines is 1. The van der Waals surface area contributed by atoms with Crippen molar-refractivity contribution in [1.82, 2.24) is 14.8 Å². The van der Waals surface area contributed by atoms with E-state index in [9.17, 15) is 4.39 Å². The van der Waals surface area contributed by atoms with E-state index in [0.717, 1.165) is 30.2 Å². The van der Waals surface area contributed by atoms with E-state index in [1.165, 1.54) is 6.07 Å². The van der Waals surface area contributed by atoms with Crippen molar-refractivity contribution in [2.45, 2.75) is 19.5 Å². The molecule has 0 fully saturated rings. The number of aromatic nitrogens is 3. The fraction of sp³-hybridized carbons (Fsp3) is 0.385. The lowest BCUT2D eigenvalue weighted by atomic mass is 10.1. The number of halogens is 1. The molecule has 2 heterocycles. The smallest absolute Gasteiger partial charge is 0.152 e. The van der Waals surface area contributed by atoms with Crippen molar-refractivity contribution in [2.24, 2.45) is 5.73 Å². The van der Waals surface area contributed by atoms with Crippen LogP contribution in [0.3, 0.4) is 0 Å². The van der Waals surface area contributed by atoms with Crippen LogP contribution in [0.2, 0.25) is 0 Å². The van der Waals surface area contributed by atoms with Crippen LogP contribution in [0.15, 0.2) is 24.5 Å². The lowest BCUT2D eigenvalue weighted by molar-refractivity contribution is 0.557. The van der Waals surface area contributed by atoms with Gasteiger partial charge in [-0.05, 0) is 36.7 Å². The molecule has 0 amide bonds. The summed E-state index contributed by atoms with van der Waals surface area (Å²) in [4.78, 5) is 2.20. The molecule has 1 aromatic carbocycles. The summed E-state index contributed by atoms with van der Waals surface area (Å²) >= 11 is 0. The Morgan fingerprint density at radius 3 is 3.05 bits per heavy atom. The maximum atomic E-state index is 13.3. The Hall–Kier alpha value is -1.95. The average molecular weight is 261 g/mol. The van der Waals surface area contributed by atoms with Gasteiger partial charge in [0.05, 0.1) is 6.54 Å². The van der Waals surface area contributed by atoms with Gasteiger partial charge in [-0.15, -0.1) is 10.2 Å². The van der Waals surface area contributed by atoms with Crippen LogP contribution < -0.4 is 10.6 Å². The number of hydrogen-bond acceptors (Lipinski definition) is 4. The number of benzene rings is 1. The minimum atomic E-state index is -0.215. The van der Waals surface area contributed by atoms with Crippen LogP contribution in [0.25, 0.3) is 0 Å². The van der Waals surface area contributed by atoms with Crippen molar-refractivity contribution in [3.63, 3.8) is 0 Å². The Balaban J connectivity index is 1.90. The summed E-state index contributed by atoms with van der Waals surface area (Å²) in [5, 5.41) is 8.01. The Morgan fingerprint density at radius 1 is 1.32 bits per heavy atom. The molecule has 0 saturated carbocycles. The Kier molecular flexibility index (Phi) is 3.16. The Labute approximate surface area is 110 Å². The zero-order valence-corrected chi connectivity index (χ0v) is 10.6. The van der Waals surface area contributed by atoms with E-state index >= 15 is 0 Å². The molecule has 5 nitrogen and oxygen atoms in total. The van der Waals surface area contributed by atoms with Crippen molar-refractivity contribution in [2.75, 3.05) is 18.0 Å². The third-order valence-electron chi connectivity index (χ3n) is 3.43. The normalized spacial score (nSPS) is 14.5. The highest BCUT2D eigenvalue weighted by atomic mass is 19.1. The highest BCUT2D eigenvalue weighted by molar-refractivity contribution is 5.54. The van der Waals surface area contributed by atoms with Gasteiger partial charge >= 0.3 is 0 Å². The van der Waals surface area contributed by atoms with Gasteiger partial charge in [0, 0.05) is 18.8 Å². The van der Waals surface area contributed by atoms with Gasteiger partial charge in [-0.3, -0.25) is 0 Å². The second-order valence-corrected chi connectivity index (χ2v) is 4.67. The molecule has 1 aliphatic heterocycles. The van der Waals surface area contributed by atoms with Gasteiger partial charge in [-0.2, -0.15) is 0 Å². The van der Waals surface area contributed by atoms with Gasteiger partial charge in [0.2, 0.25) is 0 Å². The van der Waals surface area contributed by atoms with Crippen molar-refractivity contribution >= 4 is 5.69 Å².